The summed E-state index contributed by atoms with van der Waals surface area (Å²) in [5.74, 6) is 0. The Morgan fingerprint density at radius 3 is 2.60 bits per heavy atom. The van der Waals surface area contributed by atoms with E-state index in [1.807, 2.05) is 6.07 Å². The van der Waals surface area contributed by atoms with Crippen molar-refractivity contribution < 1.29 is 24.9 Å². The van der Waals surface area contributed by atoms with Gasteiger partial charge in [-0.2, -0.15) is 0 Å². The average molecular weight is 456 g/mol. The highest BCUT2D eigenvalue weighted by atomic mass is 32.2. The van der Waals surface area contributed by atoms with Crippen molar-refractivity contribution in [3.8, 4) is 0 Å². The number of benzene rings is 2. The predicted molar refractivity (Wildman–Crippen MR) is 124 cm³/mol. The maximum Gasteiger partial charge on any atom is 0.242 e. The lowest BCUT2D eigenvalue weighted by Crippen LogP contribution is -2.44. The van der Waals surface area contributed by atoms with Crippen molar-refractivity contribution in [1.82, 2.24) is 14.1 Å². The van der Waals surface area contributed by atoms with E-state index in [9.17, 15) is 8.42 Å². The number of likely N-dealkylation sites (N-methyl/N-ethyl adjacent to an activating group) is 1. The zero-order valence-electron chi connectivity index (χ0n) is 28.4. The molecule has 2 heterocycles. The van der Waals surface area contributed by atoms with Gasteiger partial charge in [0.1, 0.15) is 0 Å². The van der Waals surface area contributed by atoms with E-state index in [1.54, 1.807) is 24.3 Å². The van der Waals surface area contributed by atoms with Gasteiger partial charge in [-0.1, -0.05) is 36.0 Å². The maximum absolute atomic E-state index is 12.9. The van der Waals surface area contributed by atoms with Crippen molar-refractivity contribution in [1.29, 1.82) is 0 Å². The van der Waals surface area contributed by atoms with Crippen molar-refractivity contribution in [3.05, 3.63) is 59.6 Å². The minimum atomic E-state index is -3.84. The van der Waals surface area contributed by atoms with E-state index >= 15 is 0 Å². The minimum absolute atomic E-state index is 0.0219. The van der Waals surface area contributed by atoms with E-state index < -0.39 is 56.0 Å². The van der Waals surface area contributed by atoms with Crippen molar-refractivity contribution in [2.24, 2.45) is 0 Å². The molecule has 1 saturated heterocycles. The first kappa shape index (κ1) is 11.3. The van der Waals surface area contributed by atoms with E-state index in [-0.39, 0.29) is 20.7 Å². The van der Waals surface area contributed by atoms with Crippen LogP contribution < -0.4 is 0 Å². The Morgan fingerprint density at radius 2 is 1.87 bits per heavy atom. The van der Waals surface area contributed by atoms with Gasteiger partial charge in [0.05, 0.1) is 6.27 Å². The number of sulfonamides is 1. The quantitative estimate of drug-likeness (QED) is 0.589. The van der Waals surface area contributed by atoms with Gasteiger partial charge in [0.25, 0.3) is 0 Å². The van der Waals surface area contributed by atoms with Crippen LogP contribution in [0.3, 0.4) is 0 Å². The Morgan fingerprint density at radius 1 is 1.13 bits per heavy atom. The molecule has 4 rings (SSSR count). The molecule has 1 fully saturated rings. The molecule has 0 atom stereocenters. The van der Waals surface area contributed by atoms with Gasteiger partial charge in [-0.25, -0.2) is 12.7 Å². The lowest BCUT2D eigenvalue weighted by molar-refractivity contribution is 0.156. The summed E-state index contributed by atoms with van der Waals surface area (Å²) in [5, 5.41) is 0. The molecule has 0 aliphatic carbocycles. The summed E-state index contributed by atoms with van der Waals surface area (Å²) in [7, 11) is -1.07. The lowest BCUT2D eigenvalue weighted by Gasteiger charge is -2.32. The number of hydrogen-bond donors (Lipinski definition) is 0. The van der Waals surface area contributed by atoms with Crippen LogP contribution in [0, 0.1) is 0 Å². The van der Waals surface area contributed by atoms with E-state index in [4.69, 9.17) is 16.4 Å². The van der Waals surface area contributed by atoms with E-state index in [0.29, 0.717) is 21.6 Å². The first-order valence-electron chi connectivity index (χ1n) is 15.1. The fraction of sp³-hybridized carbons (Fsp3) is 0.391. The molecule has 2 aliphatic heterocycles. The Kier molecular flexibility index (Phi) is 3.33. The molecule has 160 valence electrons. The first-order valence-corrected chi connectivity index (χ1v) is 11.4. The molecular weight excluding hydrogens is 414 g/mol. The fourth-order valence-corrected chi connectivity index (χ4v) is 5.06. The molecule has 7 heteroatoms. The van der Waals surface area contributed by atoms with Crippen LogP contribution in [0.25, 0.3) is 5.57 Å². The molecule has 0 N–H and O–H groups in total. The van der Waals surface area contributed by atoms with Crippen molar-refractivity contribution >= 4 is 27.4 Å². The highest BCUT2D eigenvalue weighted by Crippen LogP contribution is 2.46. The fourth-order valence-electron chi connectivity index (χ4n) is 3.06. The topological polar surface area (TPSA) is 43.9 Å². The van der Waals surface area contributed by atoms with Crippen LogP contribution in [-0.2, 0) is 10.0 Å². The van der Waals surface area contributed by atoms with E-state index in [0.717, 1.165) is 9.20 Å². The summed E-state index contributed by atoms with van der Waals surface area (Å²) in [6, 6.07) is 11.4. The average Bonchev–Trinajstić information content (AvgIpc) is 2.84. The smallest absolute Gasteiger partial charge is 0.242 e. The Hall–Kier alpha value is -1.64. The molecule has 2 aromatic rings. The Labute approximate surface area is 201 Å². The van der Waals surface area contributed by atoms with Crippen LogP contribution in [0.1, 0.15) is 34.0 Å². The third kappa shape index (κ3) is 4.36. The summed E-state index contributed by atoms with van der Waals surface area (Å²) in [6.07, 6.45) is -0.405. The van der Waals surface area contributed by atoms with Gasteiger partial charge in [-0.05, 0) is 54.4 Å². The normalized spacial score (nSPS) is 32.5. The largest absolute Gasteiger partial charge is 0.304 e. The molecule has 0 saturated carbocycles. The lowest BCUT2D eigenvalue weighted by atomic mass is 9.96. The number of rotatable bonds is 5. The number of piperazine rings is 1. The van der Waals surface area contributed by atoms with Gasteiger partial charge in [0.2, 0.25) is 10.0 Å². The van der Waals surface area contributed by atoms with Crippen LogP contribution in [0.5, 0.6) is 0 Å². The monoisotopic (exact) mass is 455 g/mol. The third-order valence-corrected chi connectivity index (χ3v) is 7.57. The molecule has 0 aromatic heterocycles. The van der Waals surface area contributed by atoms with Gasteiger partial charge < -0.3 is 9.80 Å². The van der Waals surface area contributed by atoms with E-state index in [1.165, 1.54) is 38.0 Å². The highest BCUT2D eigenvalue weighted by Gasteiger charge is 2.25. The summed E-state index contributed by atoms with van der Waals surface area (Å²) in [5.41, 5.74) is 1.31. The molecule has 0 spiro atoms. The molecule has 0 radical (unpaired) electrons. The second kappa shape index (κ2) is 8.85. The summed E-state index contributed by atoms with van der Waals surface area (Å²) >= 11 is 1.36. The molecule has 0 unspecified atom stereocenters. The van der Waals surface area contributed by atoms with Crippen LogP contribution in [0.15, 0.2) is 63.2 Å². The van der Waals surface area contributed by atoms with Crippen molar-refractivity contribution in [2.75, 3.05) is 53.6 Å². The molecular formula is C23H29N3O2S2. The van der Waals surface area contributed by atoms with Crippen molar-refractivity contribution in [2.45, 2.75) is 21.1 Å². The number of fused-ring (bicyclic) bond motifs is 2. The molecule has 30 heavy (non-hydrogen) atoms. The van der Waals surface area contributed by atoms with Gasteiger partial charge in [-0.15, -0.1) is 0 Å². The summed E-state index contributed by atoms with van der Waals surface area (Å²) in [4.78, 5) is 1.29. The second-order valence-corrected chi connectivity index (χ2v) is 10.0. The van der Waals surface area contributed by atoms with Crippen LogP contribution >= 0.6 is 11.8 Å². The minimum Gasteiger partial charge on any atom is -0.304 e. The second-order valence-electron chi connectivity index (χ2n) is 6.78. The van der Waals surface area contributed by atoms with E-state index in [2.05, 4.69) is 0 Å². The SMILES string of the molecule is [2H]/C(CCN1C([2H])([2H])C([2H])([2H])N(C([2H])([2H])[2H])C([2H])([2H])C1([2H])[2H])=C1\c2ccccc2Sc2ccc(S(=O)(=O)N(C)C)cc21. The van der Waals surface area contributed by atoms with Crippen LogP contribution in [0.4, 0.5) is 0 Å². The molecule has 2 aliphatic rings. The summed E-state index contributed by atoms with van der Waals surface area (Å²) in [6.45, 7) is -17.9. The zero-order chi connectivity index (χ0) is 31.8. The van der Waals surface area contributed by atoms with Crippen LogP contribution in [-0.4, -0.2) is 76.1 Å². The summed E-state index contributed by atoms with van der Waals surface area (Å²) < 4.78 is 126. The zero-order valence-corrected chi connectivity index (χ0v) is 18.1. The molecule has 0 bridgehead atoms. The molecule has 0 amide bonds. The van der Waals surface area contributed by atoms with Gasteiger partial charge in [0, 0.05) is 71.5 Å². The van der Waals surface area contributed by atoms with Crippen molar-refractivity contribution in [3.63, 3.8) is 0 Å². The van der Waals surface area contributed by atoms with Gasteiger partial charge in [-0.3, -0.25) is 0 Å². The standard InChI is InChI=1S/C23H29N3O2S2/c1-24(2)30(27,28)18-10-11-23-21(17-18)19(20-7-4-5-9-22(20)29-23)8-6-12-26-15-13-25(3)14-16-26/h4-5,7-11,17H,6,12-16H2,1-3H3/b19-8-/i3D3,8D,13D2,14D2,15D2,16D2. The van der Waals surface area contributed by atoms with Gasteiger partial charge in [0.15, 0.2) is 0 Å². The molecule has 5 nitrogen and oxygen atoms in total. The maximum atomic E-state index is 12.9. The number of hydrogen-bond acceptors (Lipinski definition) is 5. The first-order chi connectivity index (χ1) is 19.0. The highest BCUT2D eigenvalue weighted by molar-refractivity contribution is 7.99. The number of nitrogens with zero attached hydrogens (tertiary/aromatic N) is 3. The van der Waals surface area contributed by atoms with Gasteiger partial charge >= 0.3 is 0 Å². The Balaban J connectivity index is 1.83. The predicted octanol–water partition coefficient (Wildman–Crippen LogP) is 3.47. The third-order valence-electron chi connectivity index (χ3n) is 4.61. The molecule has 2 aromatic carbocycles. The Bertz CT molecular complexity index is 1510. The van der Waals surface area contributed by atoms with Crippen LogP contribution in [0.2, 0.25) is 0 Å².